The Morgan fingerprint density at radius 1 is 1.40 bits per heavy atom. The molecular weight excluding hydrogens is 235 g/mol. The van der Waals surface area contributed by atoms with Crippen LogP contribution in [0, 0.1) is 0 Å². The fourth-order valence-electron chi connectivity index (χ4n) is 0.897. The summed E-state index contributed by atoms with van der Waals surface area (Å²) in [5, 5.41) is -0.456. The van der Waals surface area contributed by atoms with Crippen LogP contribution in [0.1, 0.15) is 10.4 Å². The van der Waals surface area contributed by atoms with Crippen molar-refractivity contribution in [3.05, 3.63) is 22.7 Å². The molecule has 0 aliphatic rings. The smallest absolute Gasteiger partial charge is 0.402 e. The van der Waals surface area contributed by atoms with Crippen LogP contribution in [0.15, 0.2) is 12.1 Å². The van der Waals surface area contributed by atoms with Gasteiger partial charge in [-0.2, -0.15) is 0 Å². The van der Waals surface area contributed by atoms with Crippen LogP contribution in [0.3, 0.4) is 0 Å². The number of nitrogen functional groups attached to an aromatic ring is 1. The van der Waals surface area contributed by atoms with E-state index in [2.05, 4.69) is 4.74 Å². The summed E-state index contributed by atoms with van der Waals surface area (Å²) in [4.78, 5) is 10.4. The number of aldehydes is 1. The molecule has 0 aliphatic heterocycles. The van der Waals surface area contributed by atoms with Gasteiger partial charge in [-0.3, -0.25) is 4.79 Å². The van der Waals surface area contributed by atoms with Gasteiger partial charge in [0.2, 0.25) is 0 Å². The molecule has 2 N–H and O–H groups in total. The normalized spacial score (nSPS) is 11.2. The minimum atomic E-state index is -4.90. The molecule has 0 spiro atoms. The van der Waals surface area contributed by atoms with Crippen molar-refractivity contribution in [2.45, 2.75) is 6.36 Å². The number of benzene rings is 1. The molecule has 7 heteroatoms. The molecule has 0 heterocycles. The van der Waals surface area contributed by atoms with Crippen LogP contribution in [0.2, 0.25) is 5.02 Å². The van der Waals surface area contributed by atoms with Crippen LogP contribution in [-0.4, -0.2) is 12.6 Å². The third kappa shape index (κ3) is 2.76. The van der Waals surface area contributed by atoms with Gasteiger partial charge >= 0.3 is 6.36 Å². The van der Waals surface area contributed by atoms with Crippen LogP contribution in [0.25, 0.3) is 0 Å². The van der Waals surface area contributed by atoms with Crippen LogP contribution in [-0.2, 0) is 0 Å². The second kappa shape index (κ2) is 3.98. The predicted octanol–water partition coefficient (Wildman–Crippen LogP) is 2.63. The maximum absolute atomic E-state index is 11.9. The fraction of sp³-hybridized carbons (Fsp3) is 0.125. The largest absolute Gasteiger partial charge is 0.573 e. The zero-order valence-corrected chi connectivity index (χ0v) is 7.89. The highest BCUT2D eigenvalue weighted by molar-refractivity contribution is 6.34. The highest BCUT2D eigenvalue weighted by Crippen LogP contribution is 2.36. The van der Waals surface area contributed by atoms with Gasteiger partial charge in [-0.05, 0) is 12.1 Å². The van der Waals surface area contributed by atoms with Crippen LogP contribution in [0.5, 0.6) is 5.75 Å². The van der Waals surface area contributed by atoms with Crippen molar-refractivity contribution in [2.24, 2.45) is 0 Å². The summed E-state index contributed by atoms with van der Waals surface area (Å²) >= 11 is 5.48. The summed E-state index contributed by atoms with van der Waals surface area (Å²) in [7, 11) is 0. The summed E-state index contributed by atoms with van der Waals surface area (Å²) in [6.07, 6.45) is -4.59. The number of alkyl halides is 3. The predicted molar refractivity (Wildman–Crippen MR) is 47.9 cm³/mol. The maximum Gasteiger partial charge on any atom is 0.573 e. The number of hydrogen-bond donors (Lipinski definition) is 1. The Labute approximate surface area is 87.6 Å². The number of ether oxygens (including phenoxy) is 1. The Hall–Kier alpha value is -1.43. The number of anilines is 1. The van der Waals surface area contributed by atoms with Gasteiger partial charge in [-0.1, -0.05) is 11.6 Å². The Bertz CT molecular complexity index is 392. The monoisotopic (exact) mass is 239 g/mol. The Morgan fingerprint density at radius 3 is 2.47 bits per heavy atom. The zero-order chi connectivity index (χ0) is 11.6. The first-order chi connectivity index (χ1) is 6.85. The summed E-state index contributed by atoms with van der Waals surface area (Å²) in [6.45, 7) is 0. The van der Waals surface area contributed by atoms with E-state index in [0.717, 1.165) is 6.07 Å². The lowest BCUT2D eigenvalue weighted by Gasteiger charge is -2.13. The van der Waals surface area contributed by atoms with Crippen molar-refractivity contribution in [3.8, 4) is 5.75 Å². The van der Waals surface area contributed by atoms with E-state index in [1.165, 1.54) is 6.07 Å². The van der Waals surface area contributed by atoms with Gasteiger partial charge < -0.3 is 10.5 Å². The maximum atomic E-state index is 11.9. The summed E-state index contributed by atoms with van der Waals surface area (Å²) in [5.74, 6) is -0.756. The molecule has 0 aromatic heterocycles. The number of rotatable bonds is 2. The molecule has 1 rings (SSSR count). The third-order valence-corrected chi connectivity index (χ3v) is 1.89. The van der Waals surface area contributed by atoms with Gasteiger partial charge in [0.05, 0.1) is 10.7 Å². The number of carbonyl (C=O) groups excluding carboxylic acids is 1. The molecule has 0 saturated carbocycles. The van der Waals surface area contributed by atoms with Crippen molar-refractivity contribution in [2.75, 3.05) is 5.73 Å². The van der Waals surface area contributed by atoms with E-state index in [-0.39, 0.29) is 11.3 Å². The lowest BCUT2D eigenvalue weighted by Crippen LogP contribution is -2.18. The Balaban J connectivity index is 3.21. The minimum absolute atomic E-state index is 0.120. The van der Waals surface area contributed by atoms with Crippen molar-refractivity contribution >= 4 is 23.6 Å². The Morgan fingerprint density at radius 2 is 2.00 bits per heavy atom. The molecule has 0 amide bonds. The highest BCUT2D eigenvalue weighted by atomic mass is 35.5. The third-order valence-electron chi connectivity index (χ3n) is 1.50. The lowest BCUT2D eigenvalue weighted by molar-refractivity contribution is -0.274. The van der Waals surface area contributed by atoms with E-state index in [1.54, 1.807) is 0 Å². The van der Waals surface area contributed by atoms with Crippen molar-refractivity contribution < 1.29 is 22.7 Å². The summed E-state index contributed by atoms with van der Waals surface area (Å²) < 4.78 is 39.3. The van der Waals surface area contributed by atoms with Gasteiger partial charge in [0.25, 0.3) is 0 Å². The first-order valence-electron chi connectivity index (χ1n) is 3.64. The van der Waals surface area contributed by atoms with Crippen molar-refractivity contribution in [3.63, 3.8) is 0 Å². The SMILES string of the molecule is Nc1ccc(C=O)c(Cl)c1OC(F)(F)F. The van der Waals surface area contributed by atoms with Gasteiger partial charge in [0.15, 0.2) is 12.0 Å². The highest BCUT2D eigenvalue weighted by Gasteiger charge is 2.33. The average Bonchev–Trinajstić information content (AvgIpc) is 2.11. The van der Waals surface area contributed by atoms with Crippen LogP contribution >= 0.6 is 11.6 Å². The first kappa shape index (κ1) is 11.6. The molecule has 1 aromatic carbocycles. The molecule has 0 fully saturated rings. The molecule has 0 bridgehead atoms. The van der Waals surface area contributed by atoms with E-state index >= 15 is 0 Å². The topological polar surface area (TPSA) is 52.3 Å². The number of carbonyl (C=O) groups is 1. The second-order valence-electron chi connectivity index (χ2n) is 2.55. The molecule has 0 aliphatic carbocycles. The number of hydrogen-bond acceptors (Lipinski definition) is 3. The lowest BCUT2D eigenvalue weighted by atomic mass is 10.2. The van der Waals surface area contributed by atoms with Crippen molar-refractivity contribution in [1.29, 1.82) is 0 Å². The molecule has 0 radical (unpaired) electrons. The van der Waals surface area contributed by atoms with E-state index in [4.69, 9.17) is 17.3 Å². The summed E-state index contributed by atoms with van der Waals surface area (Å²) in [6, 6.07) is 2.31. The van der Waals surface area contributed by atoms with E-state index in [9.17, 15) is 18.0 Å². The summed E-state index contributed by atoms with van der Waals surface area (Å²) in [5.41, 5.74) is 4.82. The average molecular weight is 240 g/mol. The van der Waals surface area contributed by atoms with E-state index in [1.807, 2.05) is 0 Å². The second-order valence-corrected chi connectivity index (χ2v) is 2.93. The standard InChI is InChI=1S/C8H5ClF3NO2/c9-6-4(3-14)1-2-5(13)7(6)15-8(10,11)12/h1-3H,13H2. The molecule has 3 nitrogen and oxygen atoms in total. The van der Waals surface area contributed by atoms with Gasteiger partial charge in [-0.25, -0.2) is 0 Å². The minimum Gasteiger partial charge on any atom is -0.402 e. The van der Waals surface area contributed by atoms with Gasteiger partial charge in [0, 0.05) is 5.56 Å². The first-order valence-corrected chi connectivity index (χ1v) is 4.02. The van der Waals surface area contributed by atoms with E-state index in [0.29, 0.717) is 6.29 Å². The zero-order valence-electron chi connectivity index (χ0n) is 7.14. The van der Waals surface area contributed by atoms with Crippen LogP contribution in [0.4, 0.5) is 18.9 Å². The molecule has 0 saturated heterocycles. The molecule has 82 valence electrons. The van der Waals surface area contributed by atoms with Gasteiger partial charge in [0.1, 0.15) is 0 Å². The molecule has 15 heavy (non-hydrogen) atoms. The quantitative estimate of drug-likeness (QED) is 0.638. The molecular formula is C8H5ClF3NO2. The molecule has 1 aromatic rings. The van der Waals surface area contributed by atoms with E-state index < -0.39 is 17.1 Å². The molecule has 0 atom stereocenters. The fourth-order valence-corrected chi connectivity index (χ4v) is 1.15. The van der Waals surface area contributed by atoms with Crippen molar-refractivity contribution in [1.82, 2.24) is 0 Å². The Kier molecular flexibility index (Phi) is 3.09. The van der Waals surface area contributed by atoms with Crippen LogP contribution < -0.4 is 10.5 Å². The van der Waals surface area contributed by atoms with Gasteiger partial charge in [-0.15, -0.1) is 13.2 Å². The molecule has 0 unspecified atom stereocenters. The number of halogens is 4. The number of nitrogens with two attached hydrogens (primary N) is 1.